The fourth-order valence-corrected chi connectivity index (χ4v) is 4.69. The van der Waals surface area contributed by atoms with Crippen LogP contribution in [0.4, 0.5) is 0 Å². The second kappa shape index (κ2) is 6.71. The molecule has 3 aromatic carbocycles. The number of carboxylic acid groups (broad SMARTS) is 1. The standard InChI is InChI=1S/C20H16O2S/c1-15-12-13-19(18(14-15)20(21)22)23(16-8-4-2-5-9-16)17-10-6-3-7-11-17/h2-14H,1H3. The number of rotatable bonds is 4. The van der Waals surface area contributed by atoms with E-state index in [2.05, 4.69) is 0 Å². The molecule has 0 aliphatic rings. The average Bonchev–Trinajstić information content (AvgIpc) is 2.58. The first-order chi connectivity index (χ1) is 11.2. The molecule has 0 aliphatic carbocycles. The smallest absolute Gasteiger partial charge is 0.175 e. The van der Waals surface area contributed by atoms with Gasteiger partial charge in [0.05, 0.1) is 22.4 Å². The summed E-state index contributed by atoms with van der Waals surface area (Å²) in [6.45, 7) is 1.89. The van der Waals surface area contributed by atoms with Crippen LogP contribution in [-0.4, -0.2) is 5.97 Å². The molecule has 3 rings (SSSR count). The molecule has 114 valence electrons. The van der Waals surface area contributed by atoms with E-state index in [4.69, 9.17) is 0 Å². The Kier molecular flexibility index (Phi) is 4.49. The molecule has 0 atom stereocenters. The summed E-state index contributed by atoms with van der Waals surface area (Å²) in [7, 11) is -0.476. The van der Waals surface area contributed by atoms with Crippen molar-refractivity contribution < 1.29 is 9.90 Å². The van der Waals surface area contributed by atoms with Gasteiger partial charge in [0, 0.05) is 0 Å². The molecule has 0 amide bonds. The number of carboxylic acids is 1. The molecule has 3 heteroatoms. The largest absolute Gasteiger partial charge is 0.545 e. The van der Waals surface area contributed by atoms with Gasteiger partial charge >= 0.3 is 0 Å². The third kappa shape index (κ3) is 3.30. The van der Waals surface area contributed by atoms with Gasteiger partial charge in [-0.2, -0.15) is 0 Å². The monoisotopic (exact) mass is 320 g/mol. The van der Waals surface area contributed by atoms with Gasteiger partial charge in [-0.1, -0.05) is 48.0 Å². The minimum Gasteiger partial charge on any atom is -0.545 e. The Morgan fingerprint density at radius 1 is 0.826 bits per heavy atom. The van der Waals surface area contributed by atoms with E-state index in [1.54, 1.807) is 6.07 Å². The maximum Gasteiger partial charge on any atom is 0.175 e. The molecule has 2 nitrogen and oxygen atoms in total. The maximum absolute atomic E-state index is 11.6. The van der Waals surface area contributed by atoms with Crippen LogP contribution in [-0.2, 0) is 10.9 Å². The van der Waals surface area contributed by atoms with Crippen LogP contribution in [0.1, 0.15) is 15.9 Å². The average molecular weight is 320 g/mol. The summed E-state index contributed by atoms with van der Waals surface area (Å²) in [5, 5.41) is 11.6. The van der Waals surface area contributed by atoms with Gasteiger partial charge in [0.25, 0.3) is 0 Å². The minimum absolute atomic E-state index is 0.265. The van der Waals surface area contributed by atoms with Gasteiger partial charge in [-0.3, -0.25) is 0 Å². The summed E-state index contributed by atoms with van der Waals surface area (Å²) in [5.41, 5.74) is 1.18. The van der Waals surface area contributed by atoms with Crippen LogP contribution in [0, 0.1) is 6.92 Å². The first-order valence-corrected chi connectivity index (χ1v) is 8.55. The molecule has 0 aromatic heterocycles. The number of benzene rings is 3. The first kappa shape index (κ1) is 15.4. The van der Waals surface area contributed by atoms with Crippen LogP contribution in [0.2, 0.25) is 0 Å². The van der Waals surface area contributed by atoms with Crippen molar-refractivity contribution in [3.63, 3.8) is 0 Å². The Balaban J connectivity index is 2.23. The molecule has 0 radical (unpaired) electrons. The van der Waals surface area contributed by atoms with Gasteiger partial charge < -0.3 is 9.90 Å². The second-order valence-corrected chi connectivity index (χ2v) is 7.21. The molecule has 23 heavy (non-hydrogen) atoms. The van der Waals surface area contributed by atoms with Crippen LogP contribution in [0.5, 0.6) is 0 Å². The summed E-state index contributed by atoms with van der Waals surface area (Å²) in [5.74, 6) is -1.13. The predicted octanol–water partition coefficient (Wildman–Crippen LogP) is 3.45. The molecule has 0 fully saturated rings. The third-order valence-electron chi connectivity index (χ3n) is 3.53. The van der Waals surface area contributed by atoms with Gasteiger partial charge in [-0.25, -0.2) is 0 Å². The molecule has 0 unspecified atom stereocenters. The van der Waals surface area contributed by atoms with Crippen molar-refractivity contribution >= 4 is 16.9 Å². The van der Waals surface area contributed by atoms with Gasteiger partial charge in [0.2, 0.25) is 0 Å². The number of aromatic carboxylic acids is 1. The van der Waals surface area contributed by atoms with E-state index >= 15 is 0 Å². The van der Waals surface area contributed by atoms with Gasteiger partial charge in [-0.05, 0) is 43.3 Å². The Bertz CT molecular complexity index is 774. The zero-order valence-electron chi connectivity index (χ0n) is 12.7. The van der Waals surface area contributed by atoms with Crippen LogP contribution >= 0.6 is 0 Å². The van der Waals surface area contributed by atoms with Crippen molar-refractivity contribution in [3.8, 4) is 0 Å². The zero-order chi connectivity index (χ0) is 16.2. The highest BCUT2D eigenvalue weighted by Crippen LogP contribution is 2.33. The molecule has 0 bridgehead atoms. The molecule has 0 spiro atoms. The molecule has 0 saturated carbocycles. The van der Waals surface area contributed by atoms with Crippen molar-refractivity contribution in [2.75, 3.05) is 0 Å². The van der Waals surface area contributed by atoms with E-state index in [0.717, 1.165) is 20.2 Å². The third-order valence-corrected chi connectivity index (χ3v) is 5.82. The highest BCUT2D eigenvalue weighted by Gasteiger charge is 2.31. The molecule has 0 aliphatic heterocycles. The summed E-state index contributed by atoms with van der Waals surface area (Å²) in [6, 6.07) is 25.5. The molecule has 0 saturated heterocycles. The van der Waals surface area contributed by atoms with E-state index in [1.807, 2.05) is 79.7 Å². The number of aryl methyl sites for hydroxylation is 1. The van der Waals surface area contributed by atoms with Crippen LogP contribution < -0.4 is 5.11 Å². The topological polar surface area (TPSA) is 40.1 Å². The summed E-state index contributed by atoms with van der Waals surface area (Å²) in [4.78, 5) is 14.6. The zero-order valence-corrected chi connectivity index (χ0v) is 13.5. The Morgan fingerprint density at radius 2 is 1.35 bits per heavy atom. The van der Waals surface area contributed by atoms with Crippen molar-refractivity contribution in [3.05, 3.63) is 90.0 Å². The molecule has 0 heterocycles. The summed E-state index contributed by atoms with van der Waals surface area (Å²) in [6.07, 6.45) is 0. The normalized spacial score (nSPS) is 10.7. The lowest BCUT2D eigenvalue weighted by Gasteiger charge is -2.13. The number of carbonyl (C=O) groups excluding carboxylic acids is 1. The quantitative estimate of drug-likeness (QED) is 0.691. The number of hydrogen-bond acceptors (Lipinski definition) is 2. The number of hydrogen-bond donors (Lipinski definition) is 0. The highest BCUT2D eigenvalue weighted by molar-refractivity contribution is 7.97. The summed E-state index contributed by atoms with van der Waals surface area (Å²) >= 11 is 0. The van der Waals surface area contributed by atoms with Crippen LogP contribution in [0.25, 0.3) is 0 Å². The van der Waals surface area contributed by atoms with Crippen molar-refractivity contribution in [1.82, 2.24) is 0 Å². The Morgan fingerprint density at radius 3 is 1.83 bits per heavy atom. The van der Waals surface area contributed by atoms with E-state index in [-0.39, 0.29) is 5.56 Å². The van der Waals surface area contributed by atoms with Gasteiger partial charge in [-0.15, -0.1) is 0 Å². The molecule has 3 aromatic rings. The SMILES string of the molecule is Cc1ccc([S+](c2ccccc2)c2ccccc2)c(C(=O)[O-])c1. The minimum atomic E-state index is -1.13. The van der Waals surface area contributed by atoms with Crippen LogP contribution in [0.15, 0.2) is 93.5 Å². The fraction of sp³-hybridized carbons (Fsp3) is 0.0500. The second-order valence-electron chi connectivity index (χ2n) is 5.22. The van der Waals surface area contributed by atoms with Crippen molar-refractivity contribution in [2.24, 2.45) is 0 Å². The number of carbonyl (C=O) groups is 1. The molecule has 0 N–H and O–H groups in total. The highest BCUT2D eigenvalue weighted by atomic mass is 32.2. The van der Waals surface area contributed by atoms with Crippen molar-refractivity contribution in [2.45, 2.75) is 21.6 Å². The van der Waals surface area contributed by atoms with Gasteiger partial charge in [0.15, 0.2) is 14.7 Å². The summed E-state index contributed by atoms with van der Waals surface area (Å²) < 4.78 is 0. The Labute approximate surface area is 138 Å². The van der Waals surface area contributed by atoms with Crippen LogP contribution in [0.3, 0.4) is 0 Å². The molecular formula is C20H16O2S. The van der Waals surface area contributed by atoms with E-state index in [9.17, 15) is 9.90 Å². The maximum atomic E-state index is 11.6. The lowest BCUT2D eigenvalue weighted by atomic mass is 10.1. The predicted molar refractivity (Wildman–Crippen MR) is 90.6 cm³/mol. The lowest BCUT2D eigenvalue weighted by Crippen LogP contribution is -2.25. The van der Waals surface area contributed by atoms with E-state index in [1.165, 1.54) is 0 Å². The van der Waals surface area contributed by atoms with Gasteiger partial charge in [0.1, 0.15) is 0 Å². The molecular weight excluding hydrogens is 304 g/mol. The first-order valence-electron chi connectivity index (χ1n) is 7.33. The Hall–Kier alpha value is -2.52. The fourth-order valence-electron chi connectivity index (χ4n) is 2.48. The van der Waals surface area contributed by atoms with E-state index < -0.39 is 16.9 Å². The lowest BCUT2D eigenvalue weighted by molar-refractivity contribution is -0.255. The van der Waals surface area contributed by atoms with E-state index in [0.29, 0.717) is 0 Å². The van der Waals surface area contributed by atoms with Crippen molar-refractivity contribution in [1.29, 1.82) is 0 Å².